The lowest BCUT2D eigenvalue weighted by Crippen LogP contribution is -2.35. The van der Waals surface area contributed by atoms with Crippen LogP contribution >= 0.6 is 0 Å². The second kappa shape index (κ2) is 7.61. The highest BCUT2D eigenvalue weighted by atomic mass is 32.2. The average Bonchev–Trinajstić information content (AvgIpc) is 3.03. The largest absolute Gasteiger partial charge is 0.322 e. The fourth-order valence-electron chi connectivity index (χ4n) is 3.86. The Kier molecular flexibility index (Phi) is 5.12. The van der Waals surface area contributed by atoms with E-state index in [2.05, 4.69) is 5.32 Å². The molecule has 4 rings (SSSR count). The van der Waals surface area contributed by atoms with Gasteiger partial charge in [-0.25, -0.2) is 8.42 Å². The zero-order valence-corrected chi connectivity index (χ0v) is 18.0. The smallest absolute Gasteiger partial charge is 0.264 e. The minimum Gasteiger partial charge on any atom is -0.322 e. The second-order valence-electron chi connectivity index (χ2n) is 7.83. The number of sulfonamides is 1. The summed E-state index contributed by atoms with van der Waals surface area (Å²) in [6, 6.07) is 19.5. The molecule has 1 aliphatic rings. The summed E-state index contributed by atoms with van der Waals surface area (Å²) in [5.74, 6) is -0.212. The lowest BCUT2D eigenvalue weighted by molar-refractivity contribution is 0.102. The number of hydrogen-bond acceptors (Lipinski definition) is 3. The van der Waals surface area contributed by atoms with Crippen LogP contribution in [0.3, 0.4) is 0 Å². The maximum absolute atomic E-state index is 13.3. The fraction of sp³-hybridized carbons (Fsp3) is 0.208. The number of amides is 1. The predicted octanol–water partition coefficient (Wildman–Crippen LogP) is 4.70. The quantitative estimate of drug-likeness (QED) is 0.666. The van der Waals surface area contributed by atoms with Crippen molar-refractivity contribution >= 4 is 27.3 Å². The fourth-order valence-corrected chi connectivity index (χ4v) is 5.55. The van der Waals surface area contributed by atoms with Crippen molar-refractivity contribution in [3.05, 3.63) is 89.0 Å². The van der Waals surface area contributed by atoms with E-state index in [-0.39, 0.29) is 16.8 Å². The van der Waals surface area contributed by atoms with Crippen LogP contribution in [0.1, 0.15) is 34.0 Å². The molecule has 3 aromatic rings. The van der Waals surface area contributed by atoms with Crippen LogP contribution in [-0.2, 0) is 16.4 Å². The van der Waals surface area contributed by atoms with E-state index in [1.165, 1.54) is 4.31 Å². The number of nitrogens with one attached hydrogen (secondary N) is 1. The van der Waals surface area contributed by atoms with E-state index in [9.17, 15) is 13.2 Å². The molecule has 0 spiro atoms. The zero-order valence-electron chi connectivity index (χ0n) is 17.2. The van der Waals surface area contributed by atoms with Crippen LogP contribution in [-0.4, -0.2) is 20.4 Å². The molecule has 1 N–H and O–H groups in total. The molecular weight excluding hydrogens is 396 g/mol. The highest BCUT2D eigenvalue weighted by Crippen LogP contribution is 2.37. The number of hydrogen-bond donors (Lipinski definition) is 1. The van der Waals surface area contributed by atoms with Gasteiger partial charge in [0.25, 0.3) is 15.9 Å². The summed E-state index contributed by atoms with van der Waals surface area (Å²) in [4.78, 5) is 13.0. The number of benzene rings is 3. The molecule has 154 valence electrons. The van der Waals surface area contributed by atoms with Gasteiger partial charge in [0.2, 0.25) is 0 Å². The number of anilines is 2. The molecule has 0 saturated carbocycles. The number of nitrogens with zero attached hydrogens (tertiary/aromatic N) is 1. The molecule has 0 unspecified atom stereocenters. The number of aryl methyl sites for hydroxylation is 2. The number of carbonyl (C=O) groups excluding carboxylic acids is 1. The maximum Gasteiger partial charge on any atom is 0.264 e. The molecule has 1 atom stereocenters. The second-order valence-corrected chi connectivity index (χ2v) is 9.65. The monoisotopic (exact) mass is 420 g/mol. The molecule has 1 aliphatic heterocycles. The van der Waals surface area contributed by atoms with Crippen LogP contribution in [0.2, 0.25) is 0 Å². The van der Waals surface area contributed by atoms with E-state index in [0.29, 0.717) is 17.7 Å². The van der Waals surface area contributed by atoms with E-state index in [4.69, 9.17) is 0 Å². The summed E-state index contributed by atoms with van der Waals surface area (Å²) >= 11 is 0. The van der Waals surface area contributed by atoms with Crippen molar-refractivity contribution in [1.82, 2.24) is 0 Å². The number of fused-ring (bicyclic) bond motifs is 1. The molecule has 1 amide bonds. The molecule has 3 aromatic carbocycles. The maximum atomic E-state index is 13.3. The van der Waals surface area contributed by atoms with Crippen LogP contribution < -0.4 is 9.62 Å². The Hall–Kier alpha value is -3.12. The van der Waals surface area contributed by atoms with E-state index < -0.39 is 10.0 Å². The van der Waals surface area contributed by atoms with Crippen molar-refractivity contribution < 1.29 is 13.2 Å². The standard InChI is InChI=1S/C24H24N2O3S/c1-16-7-10-22(11-8-16)30(28,29)26-18(3)14-20-15-19(9-12-23(20)26)24(27)25-21-6-4-5-17(2)13-21/h4-13,15,18H,14H2,1-3H3,(H,25,27)/t18-/m0/s1. The van der Waals surface area contributed by atoms with Crippen LogP contribution in [0.25, 0.3) is 0 Å². The van der Waals surface area contributed by atoms with Crippen molar-refractivity contribution in [2.45, 2.75) is 38.1 Å². The van der Waals surface area contributed by atoms with Crippen LogP contribution in [0.15, 0.2) is 71.6 Å². The lowest BCUT2D eigenvalue weighted by Gasteiger charge is -2.24. The normalized spacial score (nSPS) is 15.7. The Morgan fingerprint density at radius 1 is 0.967 bits per heavy atom. The van der Waals surface area contributed by atoms with E-state index in [0.717, 1.165) is 22.4 Å². The third-order valence-electron chi connectivity index (χ3n) is 5.35. The summed E-state index contributed by atoms with van der Waals surface area (Å²) in [6.45, 7) is 5.78. The van der Waals surface area contributed by atoms with E-state index in [1.54, 1.807) is 42.5 Å². The van der Waals surface area contributed by atoms with E-state index >= 15 is 0 Å². The van der Waals surface area contributed by atoms with Crippen molar-refractivity contribution in [3.63, 3.8) is 0 Å². The van der Waals surface area contributed by atoms with Crippen LogP contribution in [0.4, 0.5) is 11.4 Å². The lowest BCUT2D eigenvalue weighted by atomic mass is 10.1. The first-order valence-electron chi connectivity index (χ1n) is 9.88. The first-order valence-corrected chi connectivity index (χ1v) is 11.3. The van der Waals surface area contributed by atoms with Gasteiger partial charge >= 0.3 is 0 Å². The van der Waals surface area contributed by atoms with Gasteiger partial charge in [-0.1, -0.05) is 29.8 Å². The van der Waals surface area contributed by atoms with Gasteiger partial charge in [0, 0.05) is 17.3 Å². The van der Waals surface area contributed by atoms with Crippen molar-refractivity contribution in [2.24, 2.45) is 0 Å². The Morgan fingerprint density at radius 2 is 1.70 bits per heavy atom. The zero-order chi connectivity index (χ0) is 21.5. The predicted molar refractivity (Wildman–Crippen MR) is 120 cm³/mol. The third kappa shape index (κ3) is 3.71. The number of carbonyl (C=O) groups is 1. The summed E-state index contributed by atoms with van der Waals surface area (Å²) in [5.41, 5.74) is 4.81. The Labute approximate surface area is 177 Å². The van der Waals surface area contributed by atoms with Gasteiger partial charge in [-0.2, -0.15) is 0 Å². The van der Waals surface area contributed by atoms with Gasteiger partial charge in [-0.3, -0.25) is 9.10 Å². The molecule has 30 heavy (non-hydrogen) atoms. The van der Waals surface area contributed by atoms with E-state index in [1.807, 2.05) is 45.0 Å². The summed E-state index contributed by atoms with van der Waals surface area (Å²) in [5, 5.41) is 2.90. The van der Waals surface area contributed by atoms with Crippen molar-refractivity contribution in [2.75, 3.05) is 9.62 Å². The van der Waals surface area contributed by atoms with Gasteiger partial charge in [-0.15, -0.1) is 0 Å². The van der Waals surface area contributed by atoms with Gasteiger partial charge in [0.1, 0.15) is 0 Å². The molecule has 0 aliphatic carbocycles. The topological polar surface area (TPSA) is 66.5 Å². The SMILES string of the molecule is Cc1ccc(S(=O)(=O)N2c3ccc(C(=O)Nc4cccc(C)c4)cc3C[C@@H]2C)cc1. The summed E-state index contributed by atoms with van der Waals surface area (Å²) < 4.78 is 28.0. The summed E-state index contributed by atoms with van der Waals surface area (Å²) in [6.07, 6.45) is 0.561. The Morgan fingerprint density at radius 3 is 2.40 bits per heavy atom. The van der Waals surface area contributed by atoms with Crippen LogP contribution in [0.5, 0.6) is 0 Å². The third-order valence-corrected chi connectivity index (χ3v) is 7.29. The van der Waals surface area contributed by atoms with Gasteiger partial charge in [0.05, 0.1) is 10.6 Å². The Bertz CT molecular complexity index is 1220. The molecule has 0 bridgehead atoms. The molecule has 0 radical (unpaired) electrons. The molecular formula is C24H24N2O3S. The first-order chi connectivity index (χ1) is 14.3. The minimum absolute atomic E-state index is 0.212. The highest BCUT2D eigenvalue weighted by Gasteiger charge is 2.36. The number of rotatable bonds is 4. The first kappa shape index (κ1) is 20.2. The molecule has 0 aromatic heterocycles. The molecule has 0 saturated heterocycles. The van der Waals surface area contributed by atoms with Crippen molar-refractivity contribution in [1.29, 1.82) is 0 Å². The van der Waals surface area contributed by atoms with Gasteiger partial charge in [-0.05, 0) is 80.8 Å². The highest BCUT2D eigenvalue weighted by molar-refractivity contribution is 7.92. The molecule has 1 heterocycles. The molecule has 0 fully saturated rings. The van der Waals surface area contributed by atoms with Crippen molar-refractivity contribution in [3.8, 4) is 0 Å². The Balaban J connectivity index is 1.63. The van der Waals surface area contributed by atoms with Gasteiger partial charge in [0.15, 0.2) is 0 Å². The van der Waals surface area contributed by atoms with Crippen LogP contribution in [0, 0.1) is 13.8 Å². The van der Waals surface area contributed by atoms with Gasteiger partial charge < -0.3 is 5.32 Å². The summed E-state index contributed by atoms with van der Waals surface area (Å²) in [7, 11) is -3.67. The molecule has 5 nitrogen and oxygen atoms in total. The minimum atomic E-state index is -3.67. The molecule has 6 heteroatoms. The average molecular weight is 421 g/mol.